The molecule has 5 nitrogen and oxygen atoms in total. The molecule has 2 fully saturated rings. The average Bonchev–Trinajstić information content (AvgIpc) is 3.11. The summed E-state index contributed by atoms with van der Waals surface area (Å²) in [5.74, 6) is 0.256. The molecule has 0 bridgehead atoms. The Hall–Kier alpha value is -2.56. The van der Waals surface area contributed by atoms with Gasteiger partial charge in [0.15, 0.2) is 0 Å². The highest BCUT2D eigenvalue weighted by Gasteiger charge is 2.45. The zero-order valence-corrected chi connectivity index (χ0v) is 16.1. The lowest BCUT2D eigenvalue weighted by molar-refractivity contribution is -0.139. The number of nitrogens with zero attached hydrogens (tertiary/aromatic N) is 3. The fourth-order valence-electron chi connectivity index (χ4n) is 4.77. The number of aromatic nitrogens is 1. The van der Waals surface area contributed by atoms with Gasteiger partial charge in [0.25, 0.3) is 5.91 Å². The van der Waals surface area contributed by atoms with Crippen molar-refractivity contribution in [1.29, 1.82) is 0 Å². The van der Waals surface area contributed by atoms with Crippen LogP contribution in [0.2, 0.25) is 0 Å². The molecule has 4 rings (SSSR count). The highest BCUT2D eigenvalue weighted by atomic mass is 16.2. The lowest BCUT2D eigenvalue weighted by atomic mass is 9.67. The molecule has 2 amide bonds. The monoisotopic (exact) mass is 365 g/mol. The number of likely N-dealkylation sites (N-methyl/N-ethyl adjacent to an activating group) is 1. The van der Waals surface area contributed by atoms with E-state index in [0.29, 0.717) is 0 Å². The second-order valence-electron chi connectivity index (χ2n) is 8.16. The lowest BCUT2D eigenvalue weighted by Crippen LogP contribution is -2.53. The fraction of sp³-hybridized carbons (Fsp3) is 0.455. The van der Waals surface area contributed by atoms with E-state index in [0.717, 1.165) is 50.2 Å². The number of aryl methyl sites for hydroxylation is 1. The van der Waals surface area contributed by atoms with Gasteiger partial charge in [-0.25, -0.2) is 0 Å². The van der Waals surface area contributed by atoms with Gasteiger partial charge in [0, 0.05) is 39.9 Å². The van der Waals surface area contributed by atoms with E-state index in [1.54, 1.807) is 0 Å². The van der Waals surface area contributed by atoms with Crippen molar-refractivity contribution in [2.45, 2.75) is 25.2 Å². The molecule has 1 aromatic carbocycles. The largest absolute Gasteiger partial charge is 0.347 e. The third-order valence-corrected chi connectivity index (χ3v) is 6.36. The Morgan fingerprint density at radius 2 is 1.74 bits per heavy atom. The van der Waals surface area contributed by atoms with Crippen molar-refractivity contribution >= 4 is 11.8 Å². The second kappa shape index (κ2) is 6.87. The second-order valence-corrected chi connectivity index (χ2v) is 8.16. The smallest absolute Gasteiger partial charge is 0.270 e. The molecule has 2 aliphatic heterocycles. The Labute approximate surface area is 160 Å². The van der Waals surface area contributed by atoms with Crippen LogP contribution in [-0.4, -0.2) is 52.9 Å². The molecular formula is C22H27N3O2. The first-order valence-corrected chi connectivity index (χ1v) is 9.70. The van der Waals surface area contributed by atoms with Gasteiger partial charge in [0.05, 0.1) is 5.92 Å². The molecule has 1 aromatic heterocycles. The van der Waals surface area contributed by atoms with Crippen LogP contribution in [-0.2, 0) is 11.8 Å². The Morgan fingerprint density at radius 1 is 1.04 bits per heavy atom. The highest BCUT2D eigenvalue weighted by molar-refractivity contribution is 5.92. The molecule has 1 atom stereocenters. The summed E-state index contributed by atoms with van der Waals surface area (Å²) in [5, 5.41) is 0. The zero-order chi connectivity index (χ0) is 19.0. The van der Waals surface area contributed by atoms with Crippen LogP contribution in [0.3, 0.4) is 0 Å². The minimum absolute atomic E-state index is 0.0694. The maximum Gasteiger partial charge on any atom is 0.270 e. The van der Waals surface area contributed by atoms with Crippen LogP contribution in [0.4, 0.5) is 0 Å². The summed E-state index contributed by atoms with van der Waals surface area (Å²) in [6, 6.07) is 13.9. The van der Waals surface area contributed by atoms with E-state index in [4.69, 9.17) is 0 Å². The normalized spacial score (nSPS) is 22.3. The molecule has 142 valence electrons. The minimum Gasteiger partial charge on any atom is -0.347 e. The summed E-state index contributed by atoms with van der Waals surface area (Å²) in [4.78, 5) is 29.4. The summed E-state index contributed by atoms with van der Waals surface area (Å²) < 4.78 is 1.88. The topological polar surface area (TPSA) is 45.5 Å². The van der Waals surface area contributed by atoms with Crippen LogP contribution >= 0.6 is 0 Å². The van der Waals surface area contributed by atoms with E-state index in [1.807, 2.05) is 65.0 Å². The van der Waals surface area contributed by atoms with Gasteiger partial charge in [-0.2, -0.15) is 0 Å². The number of hydrogen-bond donors (Lipinski definition) is 0. The van der Waals surface area contributed by atoms with Crippen molar-refractivity contribution in [1.82, 2.24) is 14.4 Å². The van der Waals surface area contributed by atoms with Gasteiger partial charge in [0.2, 0.25) is 5.91 Å². The Morgan fingerprint density at radius 3 is 2.37 bits per heavy atom. The number of rotatable bonds is 2. The Bertz CT molecular complexity index is 834. The van der Waals surface area contributed by atoms with Gasteiger partial charge in [-0.15, -0.1) is 0 Å². The molecule has 0 unspecified atom stereocenters. The van der Waals surface area contributed by atoms with Gasteiger partial charge in [-0.05, 0) is 42.4 Å². The van der Waals surface area contributed by atoms with Crippen LogP contribution < -0.4 is 0 Å². The van der Waals surface area contributed by atoms with Crippen LogP contribution in [0.25, 0.3) is 0 Å². The third kappa shape index (κ3) is 3.27. The van der Waals surface area contributed by atoms with Gasteiger partial charge in [-0.3, -0.25) is 9.59 Å². The van der Waals surface area contributed by atoms with E-state index < -0.39 is 0 Å². The summed E-state index contributed by atoms with van der Waals surface area (Å²) in [6.45, 7) is 2.31. The first-order chi connectivity index (χ1) is 13.0. The van der Waals surface area contributed by atoms with Crippen LogP contribution in [0, 0.1) is 5.41 Å². The standard InChI is InChI=1S/C22H27N3O2/c1-23-12-6-9-19(23)21(27)25-13-10-22(11-14-25)15-18(20(26)24(2)16-22)17-7-4-3-5-8-17/h3-9,12,18H,10-11,13-16H2,1-2H3/t18-/m0/s1. The molecule has 1 spiro atoms. The summed E-state index contributed by atoms with van der Waals surface area (Å²) in [6.07, 6.45) is 4.69. The van der Waals surface area contributed by atoms with Crippen LogP contribution in [0.15, 0.2) is 48.7 Å². The highest BCUT2D eigenvalue weighted by Crippen LogP contribution is 2.45. The number of likely N-dealkylation sites (tertiary alicyclic amines) is 2. The van der Waals surface area contributed by atoms with E-state index in [9.17, 15) is 9.59 Å². The van der Waals surface area contributed by atoms with E-state index in [1.165, 1.54) is 0 Å². The maximum atomic E-state index is 12.8. The van der Waals surface area contributed by atoms with Crippen molar-refractivity contribution in [2.75, 3.05) is 26.7 Å². The molecule has 0 aliphatic carbocycles. The molecule has 3 heterocycles. The number of carbonyl (C=O) groups excluding carboxylic acids is 2. The summed E-state index contributed by atoms with van der Waals surface area (Å²) in [5.41, 5.74) is 1.95. The van der Waals surface area contributed by atoms with Crippen molar-refractivity contribution in [2.24, 2.45) is 12.5 Å². The van der Waals surface area contributed by atoms with Gasteiger partial charge >= 0.3 is 0 Å². The van der Waals surface area contributed by atoms with Crippen molar-refractivity contribution < 1.29 is 9.59 Å². The molecule has 0 saturated carbocycles. The van der Waals surface area contributed by atoms with E-state index in [2.05, 4.69) is 12.1 Å². The number of carbonyl (C=O) groups is 2. The summed E-state index contributed by atoms with van der Waals surface area (Å²) >= 11 is 0. The quantitative estimate of drug-likeness (QED) is 0.821. The first kappa shape index (κ1) is 17.8. The van der Waals surface area contributed by atoms with Gasteiger partial charge in [-0.1, -0.05) is 30.3 Å². The number of hydrogen-bond acceptors (Lipinski definition) is 2. The molecule has 5 heteroatoms. The Kier molecular flexibility index (Phi) is 4.54. The molecule has 0 radical (unpaired) electrons. The molecule has 2 aliphatic rings. The average molecular weight is 365 g/mol. The summed E-state index contributed by atoms with van der Waals surface area (Å²) in [7, 11) is 3.82. The molecule has 2 aromatic rings. The van der Waals surface area contributed by atoms with Crippen molar-refractivity contribution in [3.05, 3.63) is 59.9 Å². The number of benzene rings is 1. The van der Waals surface area contributed by atoms with E-state index in [-0.39, 0.29) is 23.1 Å². The first-order valence-electron chi connectivity index (χ1n) is 9.70. The molecular weight excluding hydrogens is 338 g/mol. The molecule has 0 N–H and O–H groups in total. The molecule has 27 heavy (non-hydrogen) atoms. The Balaban J connectivity index is 1.49. The van der Waals surface area contributed by atoms with Crippen molar-refractivity contribution in [3.63, 3.8) is 0 Å². The SMILES string of the molecule is CN1CC2(CCN(C(=O)c3cccn3C)CC2)C[C@@H](c2ccccc2)C1=O. The van der Waals surface area contributed by atoms with E-state index >= 15 is 0 Å². The zero-order valence-electron chi connectivity index (χ0n) is 16.1. The van der Waals surface area contributed by atoms with Gasteiger partial charge in [0.1, 0.15) is 5.69 Å². The van der Waals surface area contributed by atoms with Crippen LogP contribution in [0.1, 0.15) is 41.2 Å². The lowest BCUT2D eigenvalue weighted by Gasteiger charge is -2.49. The van der Waals surface area contributed by atoms with Gasteiger partial charge < -0.3 is 14.4 Å². The van der Waals surface area contributed by atoms with Crippen molar-refractivity contribution in [3.8, 4) is 0 Å². The number of amides is 2. The minimum atomic E-state index is -0.0694. The molecule has 2 saturated heterocycles. The fourth-order valence-corrected chi connectivity index (χ4v) is 4.77. The number of piperidine rings is 2. The van der Waals surface area contributed by atoms with Crippen LogP contribution in [0.5, 0.6) is 0 Å². The predicted molar refractivity (Wildman–Crippen MR) is 104 cm³/mol. The maximum absolute atomic E-state index is 12.8. The third-order valence-electron chi connectivity index (χ3n) is 6.36. The predicted octanol–water partition coefficient (Wildman–Crippen LogP) is 2.89.